The molecule has 13 N–H and O–H groups in total. The van der Waals surface area contributed by atoms with Gasteiger partial charge in [-0.05, 0) is 175 Å². The Morgan fingerprint density at radius 3 is 1.45 bits per heavy atom. The maximum Gasteiger partial charge on any atom is 0.407 e. The molecule has 4 atom stereocenters. The molecule has 2 aliphatic heterocycles. The van der Waals surface area contributed by atoms with Crippen LogP contribution >= 0.6 is 0 Å². The number of rotatable bonds is 24. The summed E-state index contributed by atoms with van der Waals surface area (Å²) in [5.74, 6) is -3.52. The van der Waals surface area contributed by atoms with Crippen LogP contribution < -0.4 is 56.6 Å². The van der Waals surface area contributed by atoms with Crippen LogP contribution in [0.2, 0.25) is 0 Å². The van der Waals surface area contributed by atoms with Gasteiger partial charge in [0.25, 0.3) is 20.0 Å². The average Bonchev–Trinajstić information content (AvgIpc) is 3.83. The normalized spacial score (nSPS) is 15.8. The molecule has 2 aliphatic rings. The number of carbonyl (C=O) groups excluding carboxylic acids is 4. The Morgan fingerprint density at radius 2 is 1.01 bits per heavy atom. The third-order valence-corrected chi connectivity index (χ3v) is 16.7. The topological polar surface area (TPSA) is 372 Å². The standard InChI is InChI=1S/C52H83N11O13S2/c1-27-29(3)41(31(5)34-25-51(11,12)74-39(27)34)77(70,71)62-47(54)56-23-17-19-36(53)43(64)60-37(20-15-16-22-58-49(69)76-50(8,9)10)45(66)61-38(44(65)59-33(7)46(67)68)21-18-24-57-48(55)63-78(72,73)42-30(4)28(2)40-35(32(42)6)26-52(13,14)75-40/h33,36-38H,15-26,53H2,1-14H3,(H,58,69)(H,59,65)(H,60,64)(H,61,66)(H,67,68)(H3,54,56,62)(H3,55,57,63)/t33-,36-,37-,38-/m0/s1. The van der Waals surface area contributed by atoms with Crippen molar-refractivity contribution in [3.8, 4) is 11.5 Å². The van der Waals surface area contributed by atoms with Crippen LogP contribution in [0.25, 0.3) is 0 Å². The first-order chi connectivity index (χ1) is 35.9. The monoisotopic (exact) mass is 1130 g/mol. The number of unbranched alkanes of at least 4 members (excludes halogenated alkanes) is 1. The number of alkyl carbamates (subject to hydrolysis) is 1. The number of aliphatic carboxylic acids is 1. The first-order valence-electron chi connectivity index (χ1n) is 26.1. The quantitative estimate of drug-likeness (QED) is 0.0407. The van der Waals surface area contributed by atoms with Crippen LogP contribution in [-0.4, -0.2) is 124 Å². The molecule has 2 aromatic rings. The third-order valence-electron chi connectivity index (χ3n) is 13.5. The van der Waals surface area contributed by atoms with Crippen LogP contribution in [0.5, 0.6) is 11.5 Å². The summed E-state index contributed by atoms with van der Waals surface area (Å²) in [4.78, 5) is 65.3. The lowest BCUT2D eigenvalue weighted by Gasteiger charge is -2.25. The van der Waals surface area contributed by atoms with Crippen LogP contribution in [0.3, 0.4) is 0 Å². The van der Waals surface area contributed by atoms with Gasteiger partial charge in [-0.25, -0.2) is 31.1 Å². The number of amides is 4. The van der Waals surface area contributed by atoms with E-state index in [0.29, 0.717) is 64.1 Å². The maximum atomic E-state index is 14.1. The molecule has 4 amide bonds. The summed E-state index contributed by atoms with van der Waals surface area (Å²) in [5, 5.41) is 42.0. The molecule has 0 spiro atoms. The number of benzene rings is 2. The predicted octanol–water partition coefficient (Wildman–Crippen LogP) is 3.41. The lowest BCUT2D eigenvalue weighted by atomic mass is 9.94. The van der Waals surface area contributed by atoms with E-state index in [2.05, 4.69) is 41.3 Å². The van der Waals surface area contributed by atoms with Crippen molar-refractivity contribution in [2.24, 2.45) is 5.73 Å². The fourth-order valence-corrected chi connectivity index (χ4v) is 12.4. The largest absolute Gasteiger partial charge is 0.487 e. The highest BCUT2D eigenvalue weighted by Crippen LogP contribution is 2.45. The second-order valence-electron chi connectivity index (χ2n) is 22.4. The molecular formula is C52H83N11O13S2. The summed E-state index contributed by atoms with van der Waals surface area (Å²) in [7, 11) is -8.47. The SMILES string of the molecule is Cc1c(C)c(S(=O)(=O)NC(=N)NCCC[C@H](NC(=O)[C@H](CCCCNC(=O)OC(C)(C)C)NC(=O)[C@@H](N)CCCNC(=N)NS(=O)(=O)c2c(C)c(C)c3c(c2C)CC(C)(C)O3)C(=O)N[C@@H](C)C(=O)O)c(C)c2c1OC(C)(C)C2. The summed E-state index contributed by atoms with van der Waals surface area (Å²) in [5.41, 5.74) is 9.47. The molecule has 0 bridgehead atoms. The molecule has 0 fully saturated rings. The Balaban J connectivity index is 1.41. The fraction of sp³-hybridized carbons (Fsp3) is 0.635. The van der Waals surface area contributed by atoms with Crippen molar-refractivity contribution in [2.75, 3.05) is 19.6 Å². The summed E-state index contributed by atoms with van der Waals surface area (Å²) >= 11 is 0. The van der Waals surface area contributed by atoms with Crippen molar-refractivity contribution in [3.05, 3.63) is 44.5 Å². The number of carbonyl (C=O) groups is 5. The highest BCUT2D eigenvalue weighted by atomic mass is 32.2. The Kier molecular flexibility index (Phi) is 21.0. The highest BCUT2D eigenvalue weighted by Gasteiger charge is 2.39. The lowest BCUT2D eigenvalue weighted by Crippen LogP contribution is -2.57. The Morgan fingerprint density at radius 1 is 0.615 bits per heavy atom. The minimum absolute atomic E-state index is 0.00115. The summed E-state index contributed by atoms with van der Waals surface area (Å²) in [6, 6.07) is -5.22. The van der Waals surface area contributed by atoms with Crippen LogP contribution in [0.15, 0.2) is 9.79 Å². The zero-order chi connectivity index (χ0) is 59.0. The number of nitrogens with two attached hydrogens (primary N) is 1. The average molecular weight is 1130 g/mol. The number of hydrogen-bond donors (Lipinski definition) is 12. The van der Waals surface area contributed by atoms with Gasteiger partial charge >= 0.3 is 12.1 Å². The number of hydrogen-bond acceptors (Lipinski definition) is 15. The Bertz CT molecular complexity index is 2880. The van der Waals surface area contributed by atoms with Gasteiger partial charge in [-0.1, -0.05) is 0 Å². The molecule has 0 saturated carbocycles. The van der Waals surface area contributed by atoms with Crippen molar-refractivity contribution in [1.29, 1.82) is 10.8 Å². The Hall–Kier alpha value is -6.41. The highest BCUT2D eigenvalue weighted by molar-refractivity contribution is 7.90. The first kappa shape index (κ1) is 64.1. The van der Waals surface area contributed by atoms with Crippen LogP contribution in [-0.2, 0) is 56.8 Å². The van der Waals surface area contributed by atoms with Gasteiger partial charge in [0.15, 0.2) is 0 Å². The van der Waals surface area contributed by atoms with E-state index < -0.39 is 103 Å². The van der Waals surface area contributed by atoms with E-state index in [0.717, 1.165) is 11.1 Å². The summed E-state index contributed by atoms with van der Waals surface area (Å²) in [6.07, 6.45) is 1.10. The van der Waals surface area contributed by atoms with Gasteiger partial charge in [-0.15, -0.1) is 0 Å². The second kappa shape index (κ2) is 25.6. The molecule has 24 nitrogen and oxygen atoms in total. The number of carboxylic acid groups (broad SMARTS) is 1. The molecule has 2 aromatic carbocycles. The molecule has 78 heavy (non-hydrogen) atoms. The Labute approximate surface area is 459 Å². The van der Waals surface area contributed by atoms with Crippen molar-refractivity contribution in [1.82, 2.24) is 41.3 Å². The number of guanidine groups is 2. The van der Waals surface area contributed by atoms with Gasteiger partial charge in [0.2, 0.25) is 29.6 Å². The summed E-state index contributed by atoms with van der Waals surface area (Å²) in [6.45, 7) is 24.5. The van der Waals surface area contributed by atoms with E-state index in [4.69, 9.17) is 30.8 Å². The minimum atomic E-state index is -4.27. The molecule has 436 valence electrons. The van der Waals surface area contributed by atoms with Gasteiger partial charge in [0.1, 0.15) is 46.4 Å². The van der Waals surface area contributed by atoms with E-state index in [1.165, 1.54) is 6.92 Å². The number of fused-ring (bicyclic) bond motifs is 2. The molecule has 0 radical (unpaired) electrons. The van der Waals surface area contributed by atoms with E-state index in [1.54, 1.807) is 62.3 Å². The van der Waals surface area contributed by atoms with E-state index in [-0.39, 0.29) is 68.0 Å². The van der Waals surface area contributed by atoms with Gasteiger partial charge < -0.3 is 57.0 Å². The molecule has 0 aliphatic carbocycles. The zero-order valence-corrected chi connectivity index (χ0v) is 49.2. The number of nitrogens with one attached hydrogen (secondary N) is 10. The van der Waals surface area contributed by atoms with E-state index >= 15 is 0 Å². The van der Waals surface area contributed by atoms with Crippen molar-refractivity contribution in [2.45, 2.75) is 205 Å². The van der Waals surface area contributed by atoms with Crippen molar-refractivity contribution >= 4 is 61.7 Å². The molecule has 26 heteroatoms. The molecule has 4 rings (SSSR count). The molecular weight excluding hydrogens is 1050 g/mol. The maximum absolute atomic E-state index is 14.1. The van der Waals surface area contributed by atoms with Gasteiger partial charge in [-0.2, -0.15) is 0 Å². The molecule has 0 aromatic heterocycles. The van der Waals surface area contributed by atoms with Gasteiger partial charge in [0.05, 0.1) is 15.8 Å². The smallest absolute Gasteiger partial charge is 0.407 e. The minimum Gasteiger partial charge on any atom is -0.487 e. The van der Waals surface area contributed by atoms with Crippen LogP contribution in [0.1, 0.15) is 145 Å². The van der Waals surface area contributed by atoms with E-state index in [1.807, 2.05) is 27.7 Å². The van der Waals surface area contributed by atoms with Gasteiger partial charge in [-0.3, -0.25) is 30.0 Å². The van der Waals surface area contributed by atoms with Crippen LogP contribution in [0.4, 0.5) is 4.79 Å². The molecule has 0 saturated heterocycles. The van der Waals surface area contributed by atoms with Crippen molar-refractivity contribution in [3.63, 3.8) is 0 Å². The van der Waals surface area contributed by atoms with E-state index in [9.17, 15) is 45.9 Å². The first-order valence-corrected chi connectivity index (χ1v) is 29.0. The second-order valence-corrected chi connectivity index (χ2v) is 25.7. The summed E-state index contributed by atoms with van der Waals surface area (Å²) < 4.78 is 76.9. The fourth-order valence-electron chi connectivity index (χ4n) is 9.37. The number of carboxylic acids is 1. The molecule has 2 heterocycles. The van der Waals surface area contributed by atoms with Crippen molar-refractivity contribution < 1.29 is 60.1 Å². The third kappa shape index (κ3) is 17.0. The lowest BCUT2D eigenvalue weighted by molar-refractivity contribution is -0.141. The predicted molar refractivity (Wildman–Crippen MR) is 294 cm³/mol. The zero-order valence-electron chi connectivity index (χ0n) is 47.5. The number of ether oxygens (including phenoxy) is 3. The molecule has 0 unspecified atom stereocenters. The number of sulfonamides is 2. The van der Waals surface area contributed by atoms with Crippen LogP contribution in [0, 0.1) is 52.4 Å². The van der Waals surface area contributed by atoms with Gasteiger partial charge in [0, 0.05) is 43.6 Å².